The Bertz CT molecular complexity index is 1340. The molecule has 0 bridgehead atoms. The Balaban J connectivity index is 1.54. The maximum atomic E-state index is 12.7. The zero-order valence-corrected chi connectivity index (χ0v) is 21.7. The first-order valence-electron chi connectivity index (χ1n) is 12.0. The Morgan fingerprint density at radius 3 is 2.43 bits per heavy atom. The standard InChI is InChI=1S/C28H31ClN2O3S/c1-30-13-12-22-15-25(29)27(32)16-24(22)28-23-14-20(8-9-21(23)10-11-26(28)30)18-31(35(2,33)34)17-19-6-4-3-5-7-19/h3-9,14-16,26,28,32H,10-13,17-18H2,1-2H3/t26-,28+/m0/s1. The quantitative estimate of drug-likeness (QED) is 0.528. The lowest BCUT2D eigenvalue weighted by molar-refractivity contribution is 0.214. The Hall–Kier alpha value is -2.38. The minimum atomic E-state index is -3.40. The molecular formula is C28H31ClN2O3S. The van der Waals surface area contributed by atoms with E-state index in [0.717, 1.165) is 42.5 Å². The third-order valence-corrected chi connectivity index (χ3v) is 9.01. The average molecular weight is 511 g/mol. The van der Waals surface area contributed by atoms with Gasteiger partial charge in [0.2, 0.25) is 10.0 Å². The Labute approximate surface area is 213 Å². The van der Waals surface area contributed by atoms with E-state index < -0.39 is 10.0 Å². The first-order chi connectivity index (χ1) is 16.7. The second-order valence-electron chi connectivity index (χ2n) is 9.87. The zero-order chi connectivity index (χ0) is 24.7. The van der Waals surface area contributed by atoms with Crippen LogP contribution in [0.1, 0.15) is 45.7 Å². The molecule has 5 nitrogen and oxygen atoms in total. The number of nitrogens with zero attached hydrogens (tertiary/aromatic N) is 2. The van der Waals surface area contributed by atoms with Crippen molar-refractivity contribution in [3.63, 3.8) is 0 Å². The molecule has 0 fully saturated rings. The number of rotatable bonds is 5. The Kier molecular flexibility index (Phi) is 6.66. The third-order valence-electron chi connectivity index (χ3n) is 7.51. The number of fused-ring (bicyclic) bond motifs is 5. The summed E-state index contributed by atoms with van der Waals surface area (Å²) in [6.07, 6.45) is 4.18. The van der Waals surface area contributed by atoms with Crippen LogP contribution in [0.4, 0.5) is 0 Å². The summed E-state index contributed by atoms with van der Waals surface area (Å²) in [6.45, 7) is 1.58. The van der Waals surface area contributed by atoms with Crippen LogP contribution in [0.2, 0.25) is 5.02 Å². The molecule has 3 aromatic carbocycles. The number of phenolic OH excluding ortho intramolecular Hbond substituents is 1. The molecule has 1 aliphatic carbocycles. The summed E-state index contributed by atoms with van der Waals surface area (Å²) in [6, 6.07) is 20.2. The van der Waals surface area contributed by atoms with E-state index in [-0.39, 0.29) is 11.7 Å². The lowest BCUT2D eigenvalue weighted by Crippen LogP contribution is -2.39. The molecule has 0 aromatic heterocycles. The first-order valence-corrected chi connectivity index (χ1v) is 14.3. The van der Waals surface area contributed by atoms with Crippen LogP contribution in [-0.2, 0) is 36.0 Å². The highest BCUT2D eigenvalue weighted by Crippen LogP contribution is 2.44. The van der Waals surface area contributed by atoms with Crippen LogP contribution in [0.5, 0.6) is 5.75 Å². The minimum absolute atomic E-state index is 0.102. The molecular weight excluding hydrogens is 480 g/mol. The summed E-state index contributed by atoms with van der Waals surface area (Å²) in [5.74, 6) is 0.216. The van der Waals surface area contributed by atoms with Crippen molar-refractivity contribution in [2.45, 2.75) is 44.3 Å². The van der Waals surface area contributed by atoms with E-state index in [2.05, 4.69) is 30.1 Å². The van der Waals surface area contributed by atoms with Gasteiger partial charge in [-0.2, -0.15) is 4.31 Å². The van der Waals surface area contributed by atoms with Gasteiger partial charge in [0.1, 0.15) is 5.75 Å². The SMILES string of the molecule is CN1CCc2cc(Cl)c(O)cc2[C@H]2c3cc(CN(Cc4ccccc4)S(C)(=O)=O)ccc3CC[C@@H]21. The number of benzene rings is 3. The molecule has 0 unspecified atom stereocenters. The van der Waals surface area contributed by atoms with Gasteiger partial charge in [-0.15, -0.1) is 0 Å². The molecule has 1 heterocycles. The normalized spacial score (nSPS) is 20.1. The zero-order valence-electron chi connectivity index (χ0n) is 20.1. The summed E-state index contributed by atoms with van der Waals surface area (Å²) in [5.41, 5.74) is 6.75. The Morgan fingerprint density at radius 1 is 0.971 bits per heavy atom. The van der Waals surface area contributed by atoms with Crippen LogP contribution in [0.15, 0.2) is 60.7 Å². The van der Waals surface area contributed by atoms with Crippen molar-refractivity contribution < 1.29 is 13.5 Å². The molecule has 35 heavy (non-hydrogen) atoms. The summed E-state index contributed by atoms with van der Waals surface area (Å²) in [7, 11) is -1.23. The number of hydrogen-bond donors (Lipinski definition) is 1. The molecule has 5 rings (SSSR count). The number of likely N-dealkylation sites (N-methyl/N-ethyl adjacent to an activating group) is 1. The summed E-state index contributed by atoms with van der Waals surface area (Å²) >= 11 is 6.28. The topological polar surface area (TPSA) is 60.9 Å². The van der Waals surface area contributed by atoms with Gasteiger partial charge in [0.05, 0.1) is 11.3 Å². The number of aryl methyl sites for hydroxylation is 1. The fourth-order valence-electron chi connectivity index (χ4n) is 5.66. The van der Waals surface area contributed by atoms with E-state index in [1.54, 1.807) is 0 Å². The van der Waals surface area contributed by atoms with Gasteiger partial charge in [-0.3, -0.25) is 0 Å². The molecule has 0 saturated carbocycles. The maximum Gasteiger partial charge on any atom is 0.211 e. The van der Waals surface area contributed by atoms with Crippen molar-refractivity contribution in [1.82, 2.24) is 9.21 Å². The van der Waals surface area contributed by atoms with Gasteiger partial charge in [-0.1, -0.05) is 60.1 Å². The summed E-state index contributed by atoms with van der Waals surface area (Å²) < 4.78 is 26.8. The molecule has 0 radical (unpaired) electrons. The summed E-state index contributed by atoms with van der Waals surface area (Å²) in [4.78, 5) is 2.42. The van der Waals surface area contributed by atoms with Gasteiger partial charge in [0, 0.05) is 31.6 Å². The molecule has 0 amide bonds. The molecule has 0 saturated heterocycles. The number of halogens is 1. The predicted molar refractivity (Wildman–Crippen MR) is 140 cm³/mol. The van der Waals surface area contributed by atoms with Gasteiger partial charge < -0.3 is 10.0 Å². The highest BCUT2D eigenvalue weighted by molar-refractivity contribution is 7.88. The smallest absolute Gasteiger partial charge is 0.211 e. The third kappa shape index (κ3) is 4.98. The van der Waals surface area contributed by atoms with E-state index in [1.165, 1.54) is 27.3 Å². The highest BCUT2D eigenvalue weighted by atomic mass is 35.5. The number of hydrogen-bond acceptors (Lipinski definition) is 4. The van der Waals surface area contributed by atoms with E-state index in [4.69, 9.17) is 11.6 Å². The molecule has 184 valence electrons. The van der Waals surface area contributed by atoms with Crippen molar-refractivity contribution in [2.24, 2.45) is 0 Å². The average Bonchev–Trinajstić information content (AvgIpc) is 2.96. The van der Waals surface area contributed by atoms with Crippen molar-refractivity contribution >= 4 is 21.6 Å². The van der Waals surface area contributed by atoms with Crippen LogP contribution in [-0.4, -0.2) is 48.6 Å². The Morgan fingerprint density at radius 2 is 1.69 bits per heavy atom. The molecule has 1 N–H and O–H groups in total. The predicted octanol–water partition coefficient (Wildman–Crippen LogP) is 4.94. The van der Waals surface area contributed by atoms with Gasteiger partial charge in [-0.05, 0) is 71.8 Å². The first kappa shape index (κ1) is 24.3. The fraction of sp³-hybridized carbons (Fsp3) is 0.357. The van der Waals surface area contributed by atoms with Crippen LogP contribution >= 0.6 is 11.6 Å². The van der Waals surface area contributed by atoms with E-state index in [0.29, 0.717) is 24.2 Å². The van der Waals surface area contributed by atoms with Crippen LogP contribution in [0.25, 0.3) is 0 Å². The van der Waals surface area contributed by atoms with Gasteiger partial charge >= 0.3 is 0 Å². The molecule has 0 spiro atoms. The molecule has 7 heteroatoms. The van der Waals surface area contributed by atoms with Gasteiger partial charge in [0.25, 0.3) is 0 Å². The van der Waals surface area contributed by atoms with Crippen molar-refractivity contribution in [1.29, 1.82) is 0 Å². The molecule has 3 aromatic rings. The molecule has 2 aliphatic rings. The lowest BCUT2D eigenvalue weighted by Gasteiger charge is -2.38. The van der Waals surface area contributed by atoms with E-state index in [1.807, 2.05) is 42.5 Å². The lowest BCUT2D eigenvalue weighted by atomic mass is 9.74. The van der Waals surface area contributed by atoms with E-state index in [9.17, 15) is 13.5 Å². The monoisotopic (exact) mass is 510 g/mol. The fourth-order valence-corrected chi connectivity index (χ4v) is 6.61. The number of aromatic hydroxyl groups is 1. The van der Waals surface area contributed by atoms with Crippen LogP contribution in [0, 0.1) is 0 Å². The number of phenols is 1. The van der Waals surface area contributed by atoms with Crippen molar-refractivity contribution in [3.05, 3.63) is 99.1 Å². The summed E-state index contributed by atoms with van der Waals surface area (Å²) in [5, 5.41) is 10.8. The highest BCUT2D eigenvalue weighted by Gasteiger charge is 2.37. The van der Waals surface area contributed by atoms with Gasteiger partial charge in [-0.25, -0.2) is 8.42 Å². The second-order valence-corrected chi connectivity index (χ2v) is 12.3. The van der Waals surface area contributed by atoms with Crippen molar-refractivity contribution in [2.75, 3.05) is 19.8 Å². The van der Waals surface area contributed by atoms with E-state index >= 15 is 0 Å². The van der Waals surface area contributed by atoms with Gasteiger partial charge in [0.15, 0.2) is 0 Å². The largest absolute Gasteiger partial charge is 0.506 e. The second kappa shape index (κ2) is 9.58. The van der Waals surface area contributed by atoms with Crippen LogP contribution < -0.4 is 0 Å². The maximum absolute atomic E-state index is 12.7. The minimum Gasteiger partial charge on any atom is -0.506 e. The number of sulfonamides is 1. The van der Waals surface area contributed by atoms with Crippen molar-refractivity contribution in [3.8, 4) is 5.75 Å². The van der Waals surface area contributed by atoms with Crippen LogP contribution in [0.3, 0.4) is 0 Å². The molecule has 2 atom stereocenters. The molecule has 1 aliphatic heterocycles.